The molecule has 2 rings (SSSR count). The average molecular weight is 191 g/mol. The van der Waals surface area contributed by atoms with Crippen molar-refractivity contribution in [3.8, 4) is 5.75 Å². The molecule has 1 aliphatic rings. The van der Waals surface area contributed by atoms with Crippen molar-refractivity contribution in [2.24, 2.45) is 11.7 Å². The van der Waals surface area contributed by atoms with E-state index < -0.39 is 0 Å². The third-order valence-electron chi connectivity index (χ3n) is 3.10. The maximum absolute atomic E-state index is 5.66. The minimum Gasteiger partial charge on any atom is -0.496 e. The van der Waals surface area contributed by atoms with Gasteiger partial charge in [-0.2, -0.15) is 0 Å². The minimum atomic E-state index is 0.635. The molecule has 2 nitrogen and oxygen atoms in total. The summed E-state index contributed by atoms with van der Waals surface area (Å²) in [6.45, 7) is 2.94. The summed E-state index contributed by atoms with van der Waals surface area (Å²) in [5, 5.41) is 0. The zero-order valence-corrected chi connectivity index (χ0v) is 8.79. The van der Waals surface area contributed by atoms with E-state index in [0.717, 1.165) is 12.3 Å². The Labute approximate surface area is 85.1 Å². The lowest BCUT2D eigenvalue weighted by atomic mass is 10.0. The number of rotatable bonds is 3. The predicted molar refractivity (Wildman–Crippen MR) is 57.6 cm³/mol. The Balaban J connectivity index is 2.32. The van der Waals surface area contributed by atoms with Gasteiger partial charge in [-0.25, -0.2) is 0 Å². The van der Waals surface area contributed by atoms with Gasteiger partial charge in [-0.3, -0.25) is 0 Å². The highest BCUT2D eigenvalue weighted by Gasteiger charge is 2.39. The SMILES string of the molecule is COc1cccc(C)c1C1CC1CN. The molecule has 2 heteroatoms. The fourth-order valence-corrected chi connectivity index (χ4v) is 2.17. The van der Waals surface area contributed by atoms with Crippen molar-refractivity contribution in [2.45, 2.75) is 19.3 Å². The molecule has 0 aromatic heterocycles. The molecule has 76 valence electrons. The molecule has 14 heavy (non-hydrogen) atoms. The summed E-state index contributed by atoms with van der Waals surface area (Å²) in [6, 6.07) is 6.22. The van der Waals surface area contributed by atoms with Crippen molar-refractivity contribution in [1.82, 2.24) is 0 Å². The van der Waals surface area contributed by atoms with Crippen LogP contribution in [0.2, 0.25) is 0 Å². The Morgan fingerprint density at radius 3 is 2.86 bits per heavy atom. The Kier molecular flexibility index (Phi) is 2.46. The number of benzene rings is 1. The Bertz CT molecular complexity index is 335. The van der Waals surface area contributed by atoms with Crippen LogP contribution >= 0.6 is 0 Å². The Morgan fingerprint density at radius 1 is 1.50 bits per heavy atom. The van der Waals surface area contributed by atoms with Crippen molar-refractivity contribution in [2.75, 3.05) is 13.7 Å². The number of hydrogen-bond acceptors (Lipinski definition) is 2. The van der Waals surface area contributed by atoms with E-state index in [1.165, 1.54) is 17.5 Å². The number of methoxy groups -OCH3 is 1. The van der Waals surface area contributed by atoms with Gasteiger partial charge in [-0.1, -0.05) is 12.1 Å². The van der Waals surface area contributed by atoms with Crippen molar-refractivity contribution < 1.29 is 4.74 Å². The highest BCUT2D eigenvalue weighted by molar-refractivity contribution is 5.45. The van der Waals surface area contributed by atoms with Crippen LogP contribution in [0.3, 0.4) is 0 Å². The molecular formula is C12H17NO. The monoisotopic (exact) mass is 191 g/mol. The summed E-state index contributed by atoms with van der Waals surface area (Å²) in [5.74, 6) is 2.33. The maximum Gasteiger partial charge on any atom is 0.122 e. The molecule has 1 fully saturated rings. The largest absolute Gasteiger partial charge is 0.496 e. The maximum atomic E-state index is 5.66. The predicted octanol–water partition coefficient (Wildman–Crippen LogP) is 2.07. The molecule has 1 aromatic rings. The van der Waals surface area contributed by atoms with Crippen molar-refractivity contribution >= 4 is 0 Å². The van der Waals surface area contributed by atoms with Crippen LogP contribution in [-0.2, 0) is 0 Å². The van der Waals surface area contributed by atoms with E-state index in [-0.39, 0.29) is 0 Å². The van der Waals surface area contributed by atoms with Gasteiger partial charge < -0.3 is 10.5 Å². The van der Waals surface area contributed by atoms with Gasteiger partial charge in [0.25, 0.3) is 0 Å². The van der Waals surface area contributed by atoms with Crippen molar-refractivity contribution in [1.29, 1.82) is 0 Å². The van der Waals surface area contributed by atoms with E-state index in [9.17, 15) is 0 Å². The van der Waals surface area contributed by atoms with E-state index in [1.54, 1.807) is 7.11 Å². The van der Waals surface area contributed by atoms with Crippen LogP contribution < -0.4 is 10.5 Å². The highest BCUT2D eigenvalue weighted by atomic mass is 16.5. The summed E-state index contributed by atoms with van der Waals surface area (Å²) in [4.78, 5) is 0. The molecule has 0 aliphatic heterocycles. The summed E-state index contributed by atoms with van der Waals surface area (Å²) in [5.41, 5.74) is 8.35. The quantitative estimate of drug-likeness (QED) is 0.793. The van der Waals surface area contributed by atoms with E-state index in [0.29, 0.717) is 11.8 Å². The van der Waals surface area contributed by atoms with Gasteiger partial charge in [0.1, 0.15) is 5.75 Å². The zero-order chi connectivity index (χ0) is 10.1. The minimum absolute atomic E-state index is 0.635. The average Bonchev–Trinajstić information content (AvgIpc) is 2.96. The van der Waals surface area contributed by atoms with Crippen molar-refractivity contribution in [3.63, 3.8) is 0 Å². The van der Waals surface area contributed by atoms with Gasteiger partial charge in [-0.15, -0.1) is 0 Å². The molecule has 0 amide bonds. The van der Waals surface area contributed by atoms with Gasteiger partial charge in [-0.05, 0) is 43.4 Å². The van der Waals surface area contributed by atoms with E-state index in [4.69, 9.17) is 10.5 Å². The standard InChI is InChI=1S/C12H17NO/c1-8-4-3-5-11(14-2)12(8)10-6-9(10)7-13/h3-5,9-10H,6-7,13H2,1-2H3. The van der Waals surface area contributed by atoms with E-state index in [1.807, 2.05) is 12.1 Å². The van der Waals surface area contributed by atoms with Gasteiger partial charge >= 0.3 is 0 Å². The highest BCUT2D eigenvalue weighted by Crippen LogP contribution is 2.50. The second-order valence-electron chi connectivity index (χ2n) is 4.03. The lowest BCUT2D eigenvalue weighted by Gasteiger charge is -2.10. The molecule has 0 radical (unpaired) electrons. The first kappa shape index (κ1) is 9.53. The number of nitrogens with two attached hydrogens (primary N) is 1. The van der Waals surface area contributed by atoms with Crippen LogP contribution in [0.5, 0.6) is 5.75 Å². The molecule has 0 spiro atoms. The first-order chi connectivity index (χ1) is 6.77. The molecule has 1 aliphatic carbocycles. The first-order valence-corrected chi connectivity index (χ1v) is 5.11. The molecule has 2 unspecified atom stereocenters. The molecule has 1 aromatic carbocycles. The fraction of sp³-hybridized carbons (Fsp3) is 0.500. The number of aryl methyl sites for hydroxylation is 1. The molecule has 2 N–H and O–H groups in total. The molecule has 0 saturated heterocycles. The van der Waals surface area contributed by atoms with Gasteiger partial charge in [0.15, 0.2) is 0 Å². The summed E-state index contributed by atoms with van der Waals surface area (Å²) < 4.78 is 5.38. The first-order valence-electron chi connectivity index (χ1n) is 5.11. The van der Waals surface area contributed by atoms with Crippen LogP contribution in [0.4, 0.5) is 0 Å². The Hall–Kier alpha value is -1.02. The molecule has 0 bridgehead atoms. The topological polar surface area (TPSA) is 35.2 Å². The van der Waals surface area contributed by atoms with E-state index >= 15 is 0 Å². The fourth-order valence-electron chi connectivity index (χ4n) is 2.17. The van der Waals surface area contributed by atoms with Crippen LogP contribution in [0.1, 0.15) is 23.5 Å². The smallest absolute Gasteiger partial charge is 0.122 e. The van der Waals surface area contributed by atoms with Gasteiger partial charge in [0, 0.05) is 5.56 Å². The summed E-state index contributed by atoms with van der Waals surface area (Å²) in [6.07, 6.45) is 1.22. The second kappa shape index (κ2) is 3.62. The molecular weight excluding hydrogens is 174 g/mol. The lowest BCUT2D eigenvalue weighted by molar-refractivity contribution is 0.408. The zero-order valence-electron chi connectivity index (χ0n) is 8.79. The Morgan fingerprint density at radius 2 is 2.29 bits per heavy atom. The normalized spacial score (nSPS) is 24.8. The summed E-state index contributed by atoms with van der Waals surface area (Å²) in [7, 11) is 1.73. The second-order valence-corrected chi connectivity index (χ2v) is 4.03. The third kappa shape index (κ3) is 1.50. The van der Waals surface area contributed by atoms with Crippen LogP contribution in [0.15, 0.2) is 18.2 Å². The van der Waals surface area contributed by atoms with Crippen LogP contribution in [-0.4, -0.2) is 13.7 Å². The van der Waals surface area contributed by atoms with E-state index in [2.05, 4.69) is 13.0 Å². The van der Waals surface area contributed by atoms with Crippen LogP contribution in [0, 0.1) is 12.8 Å². The van der Waals surface area contributed by atoms with Crippen molar-refractivity contribution in [3.05, 3.63) is 29.3 Å². The van der Waals surface area contributed by atoms with Crippen LogP contribution in [0.25, 0.3) is 0 Å². The van der Waals surface area contributed by atoms with Gasteiger partial charge in [0.05, 0.1) is 7.11 Å². The number of hydrogen-bond donors (Lipinski definition) is 1. The third-order valence-corrected chi connectivity index (χ3v) is 3.10. The lowest BCUT2D eigenvalue weighted by Crippen LogP contribution is -2.03. The molecule has 0 heterocycles. The summed E-state index contributed by atoms with van der Waals surface area (Å²) >= 11 is 0. The molecule has 1 saturated carbocycles. The van der Waals surface area contributed by atoms with Gasteiger partial charge in [0.2, 0.25) is 0 Å². The number of ether oxygens (including phenoxy) is 1. The molecule has 2 atom stereocenters.